The summed E-state index contributed by atoms with van der Waals surface area (Å²) in [6.07, 6.45) is 24.0. The predicted molar refractivity (Wildman–Crippen MR) is 103 cm³/mol. The summed E-state index contributed by atoms with van der Waals surface area (Å²) in [6, 6.07) is -0.0956. The molecule has 1 atom stereocenters. The maximum atomic E-state index is 9.40. The average Bonchev–Trinajstić information content (AvgIpc) is 2.53. The molecule has 0 radical (unpaired) electrons. The lowest BCUT2D eigenvalue weighted by atomic mass is 10.1. The van der Waals surface area contributed by atoms with Crippen LogP contribution in [0.5, 0.6) is 0 Å². The van der Waals surface area contributed by atoms with Gasteiger partial charge in [0.25, 0.3) is 0 Å². The van der Waals surface area contributed by atoms with Crippen LogP contribution in [0.25, 0.3) is 0 Å². The van der Waals surface area contributed by atoms with Gasteiger partial charge in [-0.1, -0.05) is 76.9 Å². The zero-order valence-corrected chi connectivity index (χ0v) is 16.7. The van der Waals surface area contributed by atoms with E-state index in [1.807, 2.05) is 6.92 Å². The van der Waals surface area contributed by atoms with Crippen LogP contribution in [-0.2, 0) is 0 Å². The summed E-state index contributed by atoms with van der Waals surface area (Å²) in [5.74, 6) is 0. The standard InChI is InChI=1S/C21H44NO2/c1-4-5-6-7-8-9-10-11-12-13-14-15-16-17-18-19-20-21(2)22(3,23)24/h11-12,21,23-24H,4-10,13-20H2,1-3H3/q+1/b12-11-. The van der Waals surface area contributed by atoms with E-state index < -0.39 is 4.81 Å². The molecule has 144 valence electrons. The second kappa shape index (κ2) is 16.1. The number of hydroxylamine groups is 4. The van der Waals surface area contributed by atoms with E-state index in [0.717, 1.165) is 12.8 Å². The molecule has 0 bridgehead atoms. The molecule has 0 aliphatic carbocycles. The second-order valence-corrected chi connectivity index (χ2v) is 7.55. The molecule has 24 heavy (non-hydrogen) atoms. The molecular weight excluding hydrogens is 298 g/mol. The van der Waals surface area contributed by atoms with Crippen LogP contribution in [0.15, 0.2) is 12.2 Å². The SMILES string of the molecule is CCCCCCCC/C=C\CCCCCCCCC(C)[N+](C)(O)O. The first kappa shape index (κ1) is 23.6. The van der Waals surface area contributed by atoms with Crippen LogP contribution < -0.4 is 0 Å². The zero-order chi connectivity index (χ0) is 18.1. The molecule has 0 aromatic rings. The zero-order valence-electron chi connectivity index (χ0n) is 16.7. The van der Waals surface area contributed by atoms with Gasteiger partial charge in [-0.25, -0.2) is 0 Å². The van der Waals surface area contributed by atoms with Gasteiger partial charge in [-0.15, -0.1) is 0 Å². The van der Waals surface area contributed by atoms with E-state index in [4.69, 9.17) is 0 Å². The Hall–Kier alpha value is -0.380. The fourth-order valence-corrected chi connectivity index (χ4v) is 2.93. The van der Waals surface area contributed by atoms with Crippen molar-refractivity contribution >= 4 is 0 Å². The topological polar surface area (TPSA) is 40.5 Å². The van der Waals surface area contributed by atoms with Crippen molar-refractivity contribution in [1.29, 1.82) is 0 Å². The summed E-state index contributed by atoms with van der Waals surface area (Å²) >= 11 is 0. The fraction of sp³-hybridized carbons (Fsp3) is 0.905. The Balaban J connectivity index is 3.21. The van der Waals surface area contributed by atoms with E-state index in [1.165, 1.54) is 90.5 Å². The Kier molecular flexibility index (Phi) is 15.9. The van der Waals surface area contributed by atoms with Gasteiger partial charge < -0.3 is 0 Å². The third kappa shape index (κ3) is 16.5. The fourth-order valence-electron chi connectivity index (χ4n) is 2.93. The average molecular weight is 343 g/mol. The Morgan fingerprint density at radius 2 is 1.12 bits per heavy atom. The molecular formula is C21H44NO2+. The van der Waals surface area contributed by atoms with Crippen LogP contribution in [0.1, 0.15) is 110 Å². The quantitative estimate of drug-likeness (QED) is 0.129. The van der Waals surface area contributed by atoms with E-state index in [9.17, 15) is 10.4 Å². The van der Waals surface area contributed by atoms with Gasteiger partial charge in [-0.2, -0.15) is 10.4 Å². The third-order valence-electron chi connectivity index (χ3n) is 4.97. The third-order valence-corrected chi connectivity index (χ3v) is 4.97. The molecule has 0 rings (SSSR count). The summed E-state index contributed by atoms with van der Waals surface area (Å²) in [7, 11) is 1.42. The maximum absolute atomic E-state index is 9.40. The molecule has 0 aliphatic rings. The van der Waals surface area contributed by atoms with Gasteiger partial charge in [0.2, 0.25) is 0 Å². The van der Waals surface area contributed by atoms with Crippen molar-refractivity contribution in [3.8, 4) is 0 Å². The van der Waals surface area contributed by atoms with Crippen molar-refractivity contribution in [1.82, 2.24) is 0 Å². The first-order chi connectivity index (χ1) is 11.5. The van der Waals surface area contributed by atoms with E-state index >= 15 is 0 Å². The molecule has 0 aromatic heterocycles. The van der Waals surface area contributed by atoms with Crippen molar-refractivity contribution in [3.05, 3.63) is 12.2 Å². The Bertz CT molecular complexity index is 284. The van der Waals surface area contributed by atoms with Crippen LogP contribution in [0.3, 0.4) is 0 Å². The minimum atomic E-state index is -0.898. The van der Waals surface area contributed by atoms with Crippen molar-refractivity contribution in [2.45, 2.75) is 116 Å². The van der Waals surface area contributed by atoms with Crippen LogP contribution in [-0.4, -0.2) is 28.3 Å². The predicted octanol–water partition coefficient (Wildman–Crippen LogP) is 7.03. The lowest BCUT2D eigenvalue weighted by Crippen LogP contribution is -2.44. The summed E-state index contributed by atoms with van der Waals surface area (Å²) in [4.78, 5) is -0.898. The molecule has 0 fully saturated rings. The lowest BCUT2D eigenvalue weighted by Gasteiger charge is -2.23. The van der Waals surface area contributed by atoms with E-state index in [-0.39, 0.29) is 6.04 Å². The minimum Gasteiger partial charge on any atom is -0.182 e. The highest BCUT2D eigenvalue weighted by molar-refractivity contribution is 4.81. The minimum absolute atomic E-state index is 0.0956. The van der Waals surface area contributed by atoms with Crippen molar-refractivity contribution in [3.63, 3.8) is 0 Å². The van der Waals surface area contributed by atoms with Crippen molar-refractivity contribution in [2.24, 2.45) is 0 Å². The molecule has 3 nitrogen and oxygen atoms in total. The molecule has 0 aromatic carbocycles. The van der Waals surface area contributed by atoms with Crippen molar-refractivity contribution in [2.75, 3.05) is 7.05 Å². The summed E-state index contributed by atoms with van der Waals surface area (Å²) < 4.78 is 0. The molecule has 0 heterocycles. The molecule has 0 saturated carbocycles. The summed E-state index contributed by atoms with van der Waals surface area (Å²) in [5, 5.41) is 18.8. The van der Waals surface area contributed by atoms with Gasteiger partial charge in [0.1, 0.15) is 13.1 Å². The molecule has 0 spiro atoms. The van der Waals surface area contributed by atoms with Gasteiger partial charge in [0.05, 0.1) is 0 Å². The number of hydrogen-bond donors (Lipinski definition) is 2. The van der Waals surface area contributed by atoms with E-state index in [2.05, 4.69) is 19.1 Å². The maximum Gasteiger partial charge on any atom is 0.149 e. The molecule has 0 amide bonds. The number of quaternary nitrogens is 1. The normalized spacial score (nSPS) is 13.7. The smallest absolute Gasteiger partial charge is 0.149 e. The largest absolute Gasteiger partial charge is 0.182 e. The van der Waals surface area contributed by atoms with Crippen LogP contribution in [0.2, 0.25) is 0 Å². The van der Waals surface area contributed by atoms with Gasteiger partial charge >= 0.3 is 0 Å². The van der Waals surface area contributed by atoms with Crippen LogP contribution in [0.4, 0.5) is 0 Å². The second-order valence-electron chi connectivity index (χ2n) is 7.55. The summed E-state index contributed by atoms with van der Waals surface area (Å²) in [5.41, 5.74) is 0. The lowest BCUT2D eigenvalue weighted by molar-refractivity contribution is -1.25. The Morgan fingerprint density at radius 3 is 1.58 bits per heavy atom. The number of allylic oxidation sites excluding steroid dienone is 2. The number of nitrogens with zero attached hydrogens (tertiary/aromatic N) is 1. The first-order valence-electron chi connectivity index (χ1n) is 10.4. The number of rotatable bonds is 17. The monoisotopic (exact) mass is 342 g/mol. The summed E-state index contributed by atoms with van der Waals surface area (Å²) in [6.45, 7) is 4.16. The van der Waals surface area contributed by atoms with Crippen molar-refractivity contribution < 1.29 is 15.2 Å². The van der Waals surface area contributed by atoms with Gasteiger partial charge in [-0.05, 0) is 43.8 Å². The van der Waals surface area contributed by atoms with E-state index in [1.54, 1.807) is 0 Å². The Morgan fingerprint density at radius 1 is 0.708 bits per heavy atom. The highest BCUT2D eigenvalue weighted by atomic mass is 16.8. The first-order valence-corrected chi connectivity index (χ1v) is 10.4. The van der Waals surface area contributed by atoms with Crippen LogP contribution in [0, 0.1) is 0 Å². The Labute approximate surface area is 151 Å². The van der Waals surface area contributed by atoms with Gasteiger partial charge in [-0.3, -0.25) is 0 Å². The molecule has 1 unspecified atom stereocenters. The van der Waals surface area contributed by atoms with Gasteiger partial charge in [0, 0.05) is 6.42 Å². The van der Waals surface area contributed by atoms with Gasteiger partial charge in [0.15, 0.2) is 0 Å². The highest BCUT2D eigenvalue weighted by Crippen LogP contribution is 2.14. The van der Waals surface area contributed by atoms with Crippen LogP contribution >= 0.6 is 0 Å². The van der Waals surface area contributed by atoms with E-state index in [0.29, 0.717) is 0 Å². The highest BCUT2D eigenvalue weighted by Gasteiger charge is 2.24. The molecule has 2 N–H and O–H groups in total. The number of unbranched alkanes of at least 4 members (excludes halogenated alkanes) is 12. The number of hydrogen-bond acceptors (Lipinski definition) is 2. The molecule has 3 heteroatoms. The molecule has 0 saturated heterocycles. The molecule has 0 aliphatic heterocycles.